The monoisotopic (exact) mass is 236 g/mol. The Morgan fingerprint density at radius 1 is 1.53 bits per heavy atom. The molecule has 0 unspecified atom stereocenters. The number of aliphatic hydroxyl groups excluding tert-OH is 1. The molecule has 0 aromatic heterocycles. The molecule has 1 heterocycles. The first-order valence-corrected chi connectivity index (χ1v) is 5.32. The van der Waals surface area contributed by atoms with Gasteiger partial charge in [0.15, 0.2) is 6.04 Å². The van der Waals surface area contributed by atoms with E-state index in [1.807, 2.05) is 0 Å². The molecular weight excluding hydrogens is 223 g/mol. The van der Waals surface area contributed by atoms with Crippen molar-refractivity contribution in [2.75, 3.05) is 5.32 Å². The van der Waals surface area contributed by atoms with Gasteiger partial charge in [-0.1, -0.05) is 0 Å². The number of benzodiazepines with no additional fused rings is 1. The highest BCUT2D eigenvalue weighted by Gasteiger charge is 2.27. The minimum absolute atomic E-state index is 0.385. The maximum Gasteiger partial charge on any atom is 0.251 e. The lowest BCUT2D eigenvalue weighted by Crippen LogP contribution is -2.34. The van der Waals surface area contributed by atoms with Crippen LogP contribution in [0, 0.1) is 5.82 Å². The lowest BCUT2D eigenvalue weighted by Gasteiger charge is -2.12. The number of anilines is 1. The van der Waals surface area contributed by atoms with Gasteiger partial charge in [-0.05, 0) is 32.0 Å². The minimum Gasteiger partial charge on any atom is -0.391 e. The second-order valence-corrected chi connectivity index (χ2v) is 4.08. The first-order chi connectivity index (χ1) is 7.99. The summed E-state index contributed by atoms with van der Waals surface area (Å²) in [6.45, 7) is 3.19. The number of amides is 1. The predicted octanol–water partition coefficient (Wildman–Crippen LogP) is 1.34. The van der Waals surface area contributed by atoms with Crippen LogP contribution in [0.3, 0.4) is 0 Å². The van der Waals surface area contributed by atoms with Crippen molar-refractivity contribution in [3.05, 3.63) is 29.6 Å². The predicted molar refractivity (Wildman–Crippen MR) is 62.7 cm³/mol. The molecule has 2 N–H and O–H groups in total. The molecule has 0 saturated carbocycles. The number of halogens is 1. The number of hydrogen-bond acceptors (Lipinski definition) is 3. The number of rotatable bonds is 1. The van der Waals surface area contributed by atoms with E-state index in [4.69, 9.17) is 0 Å². The number of fused-ring (bicyclic) bond motifs is 1. The van der Waals surface area contributed by atoms with Crippen molar-refractivity contribution in [3.8, 4) is 0 Å². The summed E-state index contributed by atoms with van der Waals surface area (Å²) >= 11 is 0. The van der Waals surface area contributed by atoms with Crippen LogP contribution in [-0.2, 0) is 4.79 Å². The molecule has 1 aromatic carbocycles. The Kier molecular flexibility index (Phi) is 2.93. The Morgan fingerprint density at radius 3 is 2.88 bits per heavy atom. The van der Waals surface area contributed by atoms with Crippen molar-refractivity contribution >= 4 is 17.3 Å². The number of aliphatic imine (C=N–C) groups is 1. The van der Waals surface area contributed by atoms with Gasteiger partial charge in [0, 0.05) is 11.3 Å². The first-order valence-electron chi connectivity index (χ1n) is 5.32. The van der Waals surface area contributed by atoms with Crippen LogP contribution in [0.1, 0.15) is 19.4 Å². The van der Waals surface area contributed by atoms with Gasteiger partial charge >= 0.3 is 0 Å². The molecule has 0 fully saturated rings. The Morgan fingerprint density at radius 2 is 2.24 bits per heavy atom. The number of carbonyl (C=O) groups is 1. The molecule has 1 aliphatic heterocycles. The molecule has 0 radical (unpaired) electrons. The molecule has 0 spiro atoms. The summed E-state index contributed by atoms with van der Waals surface area (Å²) in [5.74, 6) is -0.771. The van der Waals surface area contributed by atoms with Crippen LogP contribution in [0.2, 0.25) is 0 Å². The third-order valence-corrected chi connectivity index (χ3v) is 2.69. The summed E-state index contributed by atoms with van der Waals surface area (Å²) in [6, 6.07) is 3.23. The molecule has 2 atom stereocenters. The Bertz CT molecular complexity index is 497. The first kappa shape index (κ1) is 11.7. The maximum atomic E-state index is 13.1. The van der Waals surface area contributed by atoms with Gasteiger partial charge in [0.05, 0.1) is 11.8 Å². The quantitative estimate of drug-likeness (QED) is 0.772. The minimum atomic E-state index is -0.885. The summed E-state index contributed by atoms with van der Waals surface area (Å²) in [6.07, 6.45) is -0.885. The fourth-order valence-electron chi connectivity index (χ4n) is 1.80. The van der Waals surface area contributed by atoms with Crippen LogP contribution in [0.4, 0.5) is 10.1 Å². The van der Waals surface area contributed by atoms with Crippen LogP contribution in [-0.4, -0.2) is 28.9 Å². The summed E-state index contributed by atoms with van der Waals surface area (Å²) in [4.78, 5) is 15.9. The van der Waals surface area contributed by atoms with Crippen molar-refractivity contribution in [1.29, 1.82) is 0 Å². The molecule has 1 aliphatic rings. The van der Waals surface area contributed by atoms with E-state index in [0.717, 1.165) is 0 Å². The molecule has 17 heavy (non-hydrogen) atoms. The van der Waals surface area contributed by atoms with Crippen LogP contribution >= 0.6 is 0 Å². The number of hydrogen-bond donors (Lipinski definition) is 2. The van der Waals surface area contributed by atoms with Gasteiger partial charge in [0.2, 0.25) is 0 Å². The molecule has 0 saturated heterocycles. The van der Waals surface area contributed by atoms with Gasteiger partial charge in [0.1, 0.15) is 5.82 Å². The van der Waals surface area contributed by atoms with Crippen molar-refractivity contribution in [2.24, 2.45) is 4.99 Å². The normalized spacial score (nSPS) is 21.1. The van der Waals surface area contributed by atoms with Crippen LogP contribution in [0.25, 0.3) is 0 Å². The molecule has 4 nitrogen and oxygen atoms in total. The second-order valence-electron chi connectivity index (χ2n) is 4.08. The zero-order chi connectivity index (χ0) is 12.6. The topological polar surface area (TPSA) is 61.7 Å². The van der Waals surface area contributed by atoms with Crippen molar-refractivity contribution in [1.82, 2.24) is 0 Å². The lowest BCUT2D eigenvalue weighted by molar-refractivity contribution is -0.119. The van der Waals surface area contributed by atoms with Crippen molar-refractivity contribution in [2.45, 2.75) is 26.0 Å². The van der Waals surface area contributed by atoms with Gasteiger partial charge in [0.25, 0.3) is 5.91 Å². The summed E-state index contributed by atoms with van der Waals surface area (Å²) in [5.41, 5.74) is 1.59. The van der Waals surface area contributed by atoms with Crippen LogP contribution in [0.15, 0.2) is 23.2 Å². The van der Waals surface area contributed by atoms with Gasteiger partial charge in [-0.15, -0.1) is 0 Å². The average Bonchev–Trinajstić information content (AvgIpc) is 2.38. The van der Waals surface area contributed by atoms with E-state index in [2.05, 4.69) is 10.3 Å². The third kappa shape index (κ3) is 2.19. The lowest BCUT2D eigenvalue weighted by atomic mass is 10.1. The summed E-state index contributed by atoms with van der Waals surface area (Å²) in [7, 11) is 0. The van der Waals surface area contributed by atoms with Gasteiger partial charge < -0.3 is 10.4 Å². The van der Waals surface area contributed by atoms with E-state index >= 15 is 0 Å². The number of nitrogens with one attached hydrogen (secondary N) is 1. The molecule has 2 rings (SSSR count). The molecule has 0 aliphatic carbocycles. The largest absolute Gasteiger partial charge is 0.391 e. The van der Waals surface area contributed by atoms with Crippen LogP contribution < -0.4 is 5.32 Å². The smallest absolute Gasteiger partial charge is 0.251 e. The van der Waals surface area contributed by atoms with E-state index in [1.165, 1.54) is 25.1 Å². The second kappa shape index (κ2) is 4.25. The van der Waals surface area contributed by atoms with E-state index < -0.39 is 12.1 Å². The highest BCUT2D eigenvalue weighted by molar-refractivity contribution is 6.11. The SMILES string of the molecule is CC1=N[C@@H]([C@@H](C)O)C(=O)Nc2ccc(F)cc21. The van der Waals surface area contributed by atoms with E-state index in [1.54, 1.807) is 6.92 Å². The van der Waals surface area contributed by atoms with Crippen molar-refractivity contribution < 1.29 is 14.3 Å². The van der Waals surface area contributed by atoms with Gasteiger partial charge in [-0.2, -0.15) is 0 Å². The highest BCUT2D eigenvalue weighted by Crippen LogP contribution is 2.22. The number of aliphatic hydroxyl groups is 1. The molecule has 1 aromatic rings. The molecule has 1 amide bonds. The molecule has 90 valence electrons. The maximum absolute atomic E-state index is 13.1. The molecular formula is C12H13FN2O2. The number of benzene rings is 1. The van der Waals surface area contributed by atoms with E-state index in [-0.39, 0.29) is 11.7 Å². The van der Waals surface area contributed by atoms with Gasteiger partial charge in [-0.25, -0.2) is 4.39 Å². The third-order valence-electron chi connectivity index (χ3n) is 2.69. The fourth-order valence-corrected chi connectivity index (χ4v) is 1.80. The number of nitrogens with zero attached hydrogens (tertiary/aromatic N) is 1. The number of carbonyl (C=O) groups excluding carboxylic acids is 1. The Labute approximate surface area is 98.2 Å². The molecule has 0 bridgehead atoms. The van der Waals surface area contributed by atoms with E-state index in [9.17, 15) is 14.3 Å². The van der Waals surface area contributed by atoms with Crippen molar-refractivity contribution in [3.63, 3.8) is 0 Å². The van der Waals surface area contributed by atoms with Crippen LogP contribution in [0.5, 0.6) is 0 Å². The summed E-state index contributed by atoms with van der Waals surface area (Å²) < 4.78 is 13.1. The highest BCUT2D eigenvalue weighted by atomic mass is 19.1. The Hall–Kier alpha value is -1.75. The summed E-state index contributed by atoms with van der Waals surface area (Å²) in [5, 5.41) is 12.1. The van der Waals surface area contributed by atoms with Gasteiger partial charge in [-0.3, -0.25) is 9.79 Å². The zero-order valence-corrected chi connectivity index (χ0v) is 9.57. The average molecular weight is 236 g/mol. The van der Waals surface area contributed by atoms with E-state index in [0.29, 0.717) is 17.0 Å². The fraction of sp³-hybridized carbons (Fsp3) is 0.333. The zero-order valence-electron chi connectivity index (χ0n) is 9.57. The molecule has 5 heteroatoms. The Balaban J connectivity index is 2.51. The standard InChI is InChI=1S/C12H13FN2O2/c1-6-9-5-8(13)3-4-10(9)15-12(17)11(14-6)7(2)16/h3-5,7,11,16H,1-2H3,(H,15,17)/t7-,11+/m1/s1.